The standard InChI is InChI=1S/C7H3Br2F3/c8-2-3-5(10)1-4(9)7(12)6(3)11/h1H,2H2. The lowest BCUT2D eigenvalue weighted by Crippen LogP contribution is -1.97. The Kier molecular flexibility index (Phi) is 3.17. The normalized spacial score (nSPS) is 10.4. The molecule has 0 spiro atoms. The van der Waals surface area contributed by atoms with Crippen LogP contribution in [0.25, 0.3) is 0 Å². The van der Waals surface area contributed by atoms with Crippen molar-refractivity contribution in [1.29, 1.82) is 0 Å². The third-order valence-electron chi connectivity index (χ3n) is 1.34. The highest BCUT2D eigenvalue weighted by Gasteiger charge is 2.15. The van der Waals surface area contributed by atoms with E-state index in [-0.39, 0.29) is 15.4 Å². The van der Waals surface area contributed by atoms with E-state index in [0.29, 0.717) is 0 Å². The lowest BCUT2D eigenvalue weighted by molar-refractivity contribution is 0.481. The number of alkyl halides is 1. The van der Waals surface area contributed by atoms with Gasteiger partial charge in [-0.3, -0.25) is 0 Å². The van der Waals surface area contributed by atoms with Crippen molar-refractivity contribution in [1.82, 2.24) is 0 Å². The van der Waals surface area contributed by atoms with E-state index < -0.39 is 17.5 Å². The molecule has 0 radical (unpaired) electrons. The summed E-state index contributed by atoms with van der Waals surface area (Å²) in [4.78, 5) is 0. The Morgan fingerprint density at radius 3 is 2.25 bits per heavy atom. The first-order valence-corrected chi connectivity index (χ1v) is 4.87. The van der Waals surface area contributed by atoms with Crippen LogP contribution in [-0.4, -0.2) is 0 Å². The second-order valence-electron chi connectivity index (χ2n) is 2.08. The molecule has 0 aliphatic rings. The van der Waals surface area contributed by atoms with Crippen molar-refractivity contribution in [3.8, 4) is 0 Å². The van der Waals surface area contributed by atoms with Gasteiger partial charge in [0.1, 0.15) is 5.82 Å². The molecule has 0 nitrogen and oxygen atoms in total. The van der Waals surface area contributed by atoms with Crippen LogP contribution in [0.5, 0.6) is 0 Å². The van der Waals surface area contributed by atoms with Gasteiger partial charge in [-0.15, -0.1) is 0 Å². The fourth-order valence-electron chi connectivity index (χ4n) is 0.726. The van der Waals surface area contributed by atoms with Gasteiger partial charge in [0.05, 0.1) is 4.47 Å². The molecule has 0 fully saturated rings. The number of rotatable bonds is 1. The molecule has 1 rings (SSSR count). The average molecular weight is 304 g/mol. The van der Waals surface area contributed by atoms with Crippen LogP contribution in [0.15, 0.2) is 10.5 Å². The summed E-state index contributed by atoms with van der Waals surface area (Å²) in [5, 5.41) is -0.0468. The first kappa shape index (κ1) is 10.1. The third-order valence-corrected chi connectivity index (χ3v) is 2.48. The predicted octanol–water partition coefficient (Wildman–Crippen LogP) is 3.76. The molecule has 0 saturated heterocycles. The van der Waals surface area contributed by atoms with Gasteiger partial charge in [0.15, 0.2) is 11.6 Å². The van der Waals surface area contributed by atoms with Gasteiger partial charge < -0.3 is 0 Å². The van der Waals surface area contributed by atoms with Gasteiger partial charge in [-0.25, -0.2) is 13.2 Å². The lowest BCUT2D eigenvalue weighted by atomic mass is 10.2. The van der Waals surface area contributed by atoms with Gasteiger partial charge in [0.25, 0.3) is 0 Å². The van der Waals surface area contributed by atoms with Crippen molar-refractivity contribution in [3.63, 3.8) is 0 Å². The van der Waals surface area contributed by atoms with Gasteiger partial charge >= 0.3 is 0 Å². The van der Waals surface area contributed by atoms with E-state index in [0.717, 1.165) is 6.07 Å². The molecule has 0 aliphatic heterocycles. The van der Waals surface area contributed by atoms with Crippen LogP contribution in [0.2, 0.25) is 0 Å². The SMILES string of the molecule is Fc1cc(Br)c(F)c(F)c1CBr. The second-order valence-corrected chi connectivity index (χ2v) is 3.50. The summed E-state index contributed by atoms with van der Waals surface area (Å²) in [5.41, 5.74) is -0.296. The van der Waals surface area contributed by atoms with Crippen molar-refractivity contribution >= 4 is 31.9 Å². The molecule has 1 aromatic carbocycles. The maximum Gasteiger partial charge on any atom is 0.173 e. The van der Waals surface area contributed by atoms with Crippen molar-refractivity contribution in [2.45, 2.75) is 5.33 Å². The summed E-state index contributed by atoms with van der Waals surface area (Å²) in [6.45, 7) is 0. The molecule has 0 unspecified atom stereocenters. The molecule has 0 atom stereocenters. The van der Waals surface area contributed by atoms with Crippen LogP contribution in [-0.2, 0) is 5.33 Å². The molecule has 0 amide bonds. The van der Waals surface area contributed by atoms with Gasteiger partial charge in [0.2, 0.25) is 0 Å². The summed E-state index contributed by atoms with van der Waals surface area (Å²) in [7, 11) is 0. The van der Waals surface area contributed by atoms with Crippen LogP contribution < -0.4 is 0 Å². The average Bonchev–Trinajstić information content (AvgIpc) is 2.01. The topological polar surface area (TPSA) is 0 Å². The van der Waals surface area contributed by atoms with Crippen molar-refractivity contribution in [2.24, 2.45) is 0 Å². The fraction of sp³-hybridized carbons (Fsp3) is 0.143. The number of benzene rings is 1. The van der Waals surface area contributed by atoms with Crippen LogP contribution in [0.3, 0.4) is 0 Å². The molecule has 0 aromatic heterocycles. The minimum atomic E-state index is -1.15. The van der Waals surface area contributed by atoms with Crippen LogP contribution in [0.1, 0.15) is 5.56 Å². The zero-order valence-electron chi connectivity index (χ0n) is 5.67. The number of halogens is 5. The highest BCUT2D eigenvalue weighted by molar-refractivity contribution is 9.10. The minimum Gasteiger partial charge on any atom is -0.207 e. The van der Waals surface area contributed by atoms with Gasteiger partial charge in [0, 0.05) is 10.9 Å². The molecule has 0 N–H and O–H groups in total. The summed E-state index contributed by atoms with van der Waals surface area (Å²) in [5.74, 6) is -2.98. The molecule has 5 heteroatoms. The van der Waals surface area contributed by atoms with E-state index in [4.69, 9.17) is 0 Å². The number of hydrogen-bond acceptors (Lipinski definition) is 0. The maximum absolute atomic E-state index is 12.8. The van der Waals surface area contributed by atoms with Crippen molar-refractivity contribution in [3.05, 3.63) is 33.6 Å². The van der Waals surface area contributed by atoms with Crippen LogP contribution >= 0.6 is 31.9 Å². The quantitative estimate of drug-likeness (QED) is 0.421. The minimum absolute atomic E-state index is 0.0468. The molecule has 1 aromatic rings. The maximum atomic E-state index is 12.8. The van der Waals surface area contributed by atoms with Crippen molar-refractivity contribution < 1.29 is 13.2 Å². The second kappa shape index (κ2) is 3.79. The van der Waals surface area contributed by atoms with E-state index in [1.165, 1.54) is 0 Å². The van der Waals surface area contributed by atoms with Gasteiger partial charge in [-0.2, -0.15) is 0 Å². The van der Waals surface area contributed by atoms with E-state index in [9.17, 15) is 13.2 Å². The zero-order valence-corrected chi connectivity index (χ0v) is 8.85. The summed E-state index contributed by atoms with van der Waals surface area (Å²) in [6.07, 6.45) is 0. The molecule has 0 aliphatic carbocycles. The Morgan fingerprint density at radius 2 is 1.75 bits per heavy atom. The Labute approximate surface area is 84.0 Å². The Hall–Kier alpha value is -0.0300. The zero-order chi connectivity index (χ0) is 9.30. The van der Waals surface area contributed by atoms with Crippen molar-refractivity contribution in [2.75, 3.05) is 0 Å². The fourth-order valence-corrected chi connectivity index (χ4v) is 1.62. The Bertz CT molecular complexity index is 312. The molecule has 66 valence electrons. The summed E-state index contributed by atoms with van der Waals surface area (Å²) < 4.78 is 38.2. The predicted molar refractivity (Wildman–Crippen MR) is 46.6 cm³/mol. The molecular weight excluding hydrogens is 301 g/mol. The van der Waals surface area contributed by atoms with Crippen LogP contribution in [0.4, 0.5) is 13.2 Å². The van der Waals surface area contributed by atoms with Gasteiger partial charge in [-0.05, 0) is 22.0 Å². The summed E-state index contributed by atoms with van der Waals surface area (Å²) >= 11 is 5.55. The Balaban J connectivity index is 3.40. The third kappa shape index (κ3) is 1.66. The highest BCUT2D eigenvalue weighted by Crippen LogP contribution is 2.25. The Morgan fingerprint density at radius 1 is 1.17 bits per heavy atom. The van der Waals surface area contributed by atoms with Gasteiger partial charge in [-0.1, -0.05) is 15.9 Å². The van der Waals surface area contributed by atoms with E-state index in [2.05, 4.69) is 31.9 Å². The van der Waals surface area contributed by atoms with E-state index >= 15 is 0 Å². The first-order valence-electron chi connectivity index (χ1n) is 2.95. The van der Waals surface area contributed by atoms with E-state index in [1.54, 1.807) is 0 Å². The molecular formula is C7H3Br2F3. The monoisotopic (exact) mass is 302 g/mol. The van der Waals surface area contributed by atoms with E-state index in [1.807, 2.05) is 0 Å². The molecule has 12 heavy (non-hydrogen) atoms. The smallest absolute Gasteiger partial charge is 0.173 e. The largest absolute Gasteiger partial charge is 0.207 e. The molecule has 0 heterocycles. The lowest BCUT2D eigenvalue weighted by Gasteiger charge is -2.03. The first-order chi connectivity index (χ1) is 5.57. The highest BCUT2D eigenvalue weighted by atomic mass is 79.9. The molecule has 0 saturated carbocycles. The van der Waals surface area contributed by atoms with Crippen LogP contribution in [0, 0.1) is 17.5 Å². The summed E-state index contributed by atoms with van der Waals surface area (Å²) in [6, 6.07) is 0.898. The number of hydrogen-bond donors (Lipinski definition) is 0. The molecule has 0 bridgehead atoms.